The third-order valence-corrected chi connectivity index (χ3v) is 4.95. The van der Waals surface area contributed by atoms with Crippen LogP contribution >= 0.6 is 11.8 Å². The fourth-order valence-corrected chi connectivity index (χ4v) is 3.60. The van der Waals surface area contributed by atoms with Crippen molar-refractivity contribution in [3.8, 4) is 0 Å². The number of methoxy groups -OCH3 is 1. The quantitative estimate of drug-likeness (QED) is 0.316. The topological polar surface area (TPSA) is 83.0 Å². The van der Waals surface area contributed by atoms with Crippen molar-refractivity contribution in [2.24, 2.45) is 5.92 Å². The van der Waals surface area contributed by atoms with Gasteiger partial charge in [0.15, 0.2) is 11.0 Å². The second kappa shape index (κ2) is 9.14. The molecule has 0 amide bonds. The van der Waals surface area contributed by atoms with Gasteiger partial charge in [-0.2, -0.15) is 4.98 Å². The first-order valence-electron chi connectivity index (χ1n) is 9.01. The Bertz CT molecular complexity index is 952. The lowest BCUT2D eigenvalue weighted by Gasteiger charge is -2.12. The Hall–Kier alpha value is -2.19. The van der Waals surface area contributed by atoms with Gasteiger partial charge in [0, 0.05) is 26.7 Å². The summed E-state index contributed by atoms with van der Waals surface area (Å²) in [6.45, 7) is 5.36. The van der Waals surface area contributed by atoms with Crippen LogP contribution in [-0.2, 0) is 23.5 Å². The maximum atomic E-state index is 12.9. The molecule has 27 heavy (non-hydrogen) atoms. The molecule has 2 aromatic heterocycles. The van der Waals surface area contributed by atoms with Gasteiger partial charge in [-0.3, -0.25) is 9.36 Å². The second-order valence-corrected chi connectivity index (χ2v) is 7.65. The Morgan fingerprint density at radius 2 is 2.07 bits per heavy atom. The van der Waals surface area contributed by atoms with Gasteiger partial charge >= 0.3 is 0 Å². The summed E-state index contributed by atoms with van der Waals surface area (Å²) >= 11 is 1.45. The Labute approximate surface area is 162 Å². The van der Waals surface area contributed by atoms with E-state index in [1.54, 1.807) is 11.7 Å². The first kappa shape index (κ1) is 19.6. The monoisotopic (exact) mass is 388 g/mol. The van der Waals surface area contributed by atoms with E-state index in [2.05, 4.69) is 29.0 Å². The summed E-state index contributed by atoms with van der Waals surface area (Å²) in [6.07, 6.45) is 1.50. The highest BCUT2D eigenvalue weighted by Crippen LogP contribution is 2.21. The number of hydrogen-bond acceptors (Lipinski definition) is 7. The molecule has 1 aromatic carbocycles. The van der Waals surface area contributed by atoms with Gasteiger partial charge in [-0.1, -0.05) is 42.9 Å². The Kier molecular flexibility index (Phi) is 6.63. The van der Waals surface area contributed by atoms with E-state index >= 15 is 0 Å². The van der Waals surface area contributed by atoms with E-state index in [0.29, 0.717) is 52.6 Å². The average Bonchev–Trinajstić information content (AvgIpc) is 3.09. The minimum absolute atomic E-state index is 0.0344. The van der Waals surface area contributed by atoms with Crippen LogP contribution in [0.5, 0.6) is 0 Å². The number of fused-ring (bicyclic) bond motifs is 1. The van der Waals surface area contributed by atoms with Gasteiger partial charge in [0.05, 0.1) is 16.7 Å². The van der Waals surface area contributed by atoms with Gasteiger partial charge in [0.25, 0.3) is 5.56 Å². The van der Waals surface area contributed by atoms with Crippen LogP contribution < -0.4 is 5.56 Å². The van der Waals surface area contributed by atoms with Crippen LogP contribution in [0, 0.1) is 5.92 Å². The van der Waals surface area contributed by atoms with Crippen molar-refractivity contribution in [2.75, 3.05) is 13.7 Å². The number of hydrogen-bond donors (Lipinski definition) is 0. The fraction of sp³-hybridized carbons (Fsp3) is 0.474. The molecule has 2 heterocycles. The minimum atomic E-state index is -0.0344. The van der Waals surface area contributed by atoms with Gasteiger partial charge < -0.3 is 9.26 Å². The van der Waals surface area contributed by atoms with Gasteiger partial charge in [-0.05, 0) is 24.5 Å². The molecule has 0 unspecified atom stereocenters. The lowest BCUT2D eigenvalue weighted by molar-refractivity contribution is 0.189. The molecule has 0 aliphatic rings. The minimum Gasteiger partial charge on any atom is -0.385 e. The first-order chi connectivity index (χ1) is 13.1. The zero-order valence-electron chi connectivity index (χ0n) is 15.8. The molecule has 144 valence electrons. The van der Waals surface area contributed by atoms with Crippen LogP contribution in [0.4, 0.5) is 0 Å². The lowest BCUT2D eigenvalue weighted by Crippen LogP contribution is -2.24. The SMILES string of the molecule is COCCCn1c(SCc2noc(CC(C)C)n2)nc2ccccc2c1=O. The predicted molar refractivity (Wildman–Crippen MR) is 105 cm³/mol. The van der Waals surface area contributed by atoms with Crippen molar-refractivity contribution in [3.63, 3.8) is 0 Å². The smallest absolute Gasteiger partial charge is 0.262 e. The van der Waals surface area contributed by atoms with Crippen molar-refractivity contribution in [3.05, 3.63) is 46.3 Å². The van der Waals surface area contributed by atoms with E-state index in [1.807, 2.05) is 24.3 Å². The van der Waals surface area contributed by atoms with Crippen molar-refractivity contribution in [1.29, 1.82) is 0 Å². The van der Waals surface area contributed by atoms with Gasteiger partial charge in [-0.15, -0.1) is 0 Å². The largest absolute Gasteiger partial charge is 0.385 e. The number of rotatable bonds is 9. The lowest BCUT2D eigenvalue weighted by atomic mass is 10.1. The highest BCUT2D eigenvalue weighted by Gasteiger charge is 2.14. The highest BCUT2D eigenvalue weighted by atomic mass is 32.2. The number of nitrogens with zero attached hydrogens (tertiary/aromatic N) is 4. The molecule has 7 nitrogen and oxygen atoms in total. The molecule has 3 rings (SSSR count). The molecule has 0 atom stereocenters. The van der Waals surface area contributed by atoms with Crippen LogP contribution in [0.15, 0.2) is 38.7 Å². The van der Waals surface area contributed by atoms with Gasteiger partial charge in [0.1, 0.15) is 0 Å². The van der Waals surface area contributed by atoms with Crippen LogP contribution in [0.1, 0.15) is 32.0 Å². The Balaban J connectivity index is 1.84. The normalized spacial score (nSPS) is 11.6. The molecule has 0 bridgehead atoms. The molecule has 0 aliphatic carbocycles. The number of thioether (sulfide) groups is 1. The molecule has 0 aliphatic heterocycles. The van der Waals surface area contributed by atoms with E-state index in [4.69, 9.17) is 9.26 Å². The summed E-state index contributed by atoms with van der Waals surface area (Å²) in [5, 5.41) is 5.31. The first-order valence-corrected chi connectivity index (χ1v) is 10.00. The molecular weight excluding hydrogens is 364 g/mol. The molecule has 0 N–H and O–H groups in total. The standard InChI is InChI=1S/C19H24N4O3S/c1-13(2)11-17-21-16(22-26-17)12-27-19-20-15-8-5-4-7-14(15)18(24)23(19)9-6-10-25-3/h4-5,7-8,13H,6,9-12H2,1-3H3. The Morgan fingerprint density at radius 3 is 2.85 bits per heavy atom. The van der Waals surface area contributed by atoms with Crippen molar-refractivity contribution in [1.82, 2.24) is 19.7 Å². The number of ether oxygens (including phenoxy) is 1. The van der Waals surface area contributed by atoms with Gasteiger partial charge in [0.2, 0.25) is 5.89 Å². The molecule has 0 saturated carbocycles. The van der Waals surface area contributed by atoms with E-state index in [1.165, 1.54) is 11.8 Å². The molecule has 3 aromatic rings. The maximum Gasteiger partial charge on any atom is 0.262 e. The maximum absolute atomic E-state index is 12.9. The van der Waals surface area contributed by atoms with Crippen molar-refractivity contribution >= 4 is 22.7 Å². The summed E-state index contributed by atoms with van der Waals surface area (Å²) in [5.41, 5.74) is 0.661. The molecule has 8 heteroatoms. The Morgan fingerprint density at radius 1 is 1.26 bits per heavy atom. The molecule has 0 fully saturated rings. The highest BCUT2D eigenvalue weighted by molar-refractivity contribution is 7.98. The predicted octanol–water partition coefficient (Wildman–Crippen LogP) is 3.31. The molecule has 0 radical (unpaired) electrons. The summed E-state index contributed by atoms with van der Waals surface area (Å²) in [6, 6.07) is 7.40. The average molecular weight is 388 g/mol. The zero-order valence-corrected chi connectivity index (χ0v) is 16.7. The number of para-hydroxylation sites is 1. The van der Waals surface area contributed by atoms with Crippen LogP contribution in [-0.4, -0.2) is 33.4 Å². The number of aromatic nitrogens is 4. The molecular formula is C19H24N4O3S. The second-order valence-electron chi connectivity index (χ2n) is 6.71. The molecule has 0 saturated heterocycles. The zero-order chi connectivity index (χ0) is 19.2. The summed E-state index contributed by atoms with van der Waals surface area (Å²) in [5.74, 6) is 2.21. The molecule has 0 spiro atoms. The summed E-state index contributed by atoms with van der Waals surface area (Å²) in [7, 11) is 1.65. The van der Waals surface area contributed by atoms with E-state index < -0.39 is 0 Å². The summed E-state index contributed by atoms with van der Waals surface area (Å²) in [4.78, 5) is 22.0. The van der Waals surface area contributed by atoms with Crippen LogP contribution in [0.25, 0.3) is 10.9 Å². The third kappa shape index (κ3) is 4.95. The fourth-order valence-electron chi connectivity index (χ4n) is 2.73. The van der Waals surface area contributed by atoms with Crippen molar-refractivity contribution in [2.45, 2.75) is 44.1 Å². The summed E-state index contributed by atoms with van der Waals surface area (Å²) < 4.78 is 12.1. The van der Waals surface area contributed by atoms with Crippen LogP contribution in [0.2, 0.25) is 0 Å². The van der Waals surface area contributed by atoms with Crippen LogP contribution in [0.3, 0.4) is 0 Å². The third-order valence-electron chi connectivity index (χ3n) is 3.98. The van der Waals surface area contributed by atoms with E-state index in [-0.39, 0.29) is 5.56 Å². The van der Waals surface area contributed by atoms with E-state index in [0.717, 1.165) is 12.8 Å². The van der Waals surface area contributed by atoms with E-state index in [9.17, 15) is 4.79 Å². The number of benzene rings is 1. The van der Waals surface area contributed by atoms with Gasteiger partial charge in [-0.25, -0.2) is 4.98 Å². The van der Waals surface area contributed by atoms with Crippen molar-refractivity contribution < 1.29 is 9.26 Å².